The molecule has 0 aliphatic rings. The summed E-state index contributed by atoms with van der Waals surface area (Å²) in [6, 6.07) is 0. The molecule has 0 radical (unpaired) electrons. The van der Waals surface area contributed by atoms with Gasteiger partial charge in [0.25, 0.3) is 0 Å². The SMILES string of the molecule is CCCCCCC[P+](CCC)(CCC)CCC.[I-]. The van der Waals surface area contributed by atoms with E-state index in [1.165, 1.54) is 51.4 Å². The van der Waals surface area contributed by atoms with Gasteiger partial charge < -0.3 is 24.0 Å². The predicted octanol–water partition coefficient (Wildman–Crippen LogP) is 3.21. The fraction of sp³-hybridized carbons (Fsp3) is 1.00. The highest BCUT2D eigenvalue weighted by molar-refractivity contribution is 7.75. The second kappa shape index (κ2) is 14.6. The van der Waals surface area contributed by atoms with Crippen LogP contribution in [0, 0.1) is 0 Å². The molecule has 0 rings (SSSR count). The zero-order chi connectivity index (χ0) is 13.0. The summed E-state index contributed by atoms with van der Waals surface area (Å²) in [6.45, 7) is 9.47. The Hall–Kier alpha value is 1.16. The average Bonchev–Trinajstić information content (AvgIpc) is 2.30. The maximum absolute atomic E-state index is 2.39. The molecular formula is C16H36IP. The van der Waals surface area contributed by atoms with Crippen LogP contribution in [0.15, 0.2) is 0 Å². The number of rotatable bonds is 12. The molecule has 0 spiro atoms. The van der Waals surface area contributed by atoms with Gasteiger partial charge in [0.05, 0.1) is 24.6 Å². The van der Waals surface area contributed by atoms with Crippen molar-refractivity contribution in [2.24, 2.45) is 0 Å². The van der Waals surface area contributed by atoms with Gasteiger partial charge in [0, 0.05) is 7.26 Å². The molecule has 0 unspecified atom stereocenters. The lowest BCUT2D eigenvalue weighted by Crippen LogP contribution is -3.00. The molecular weight excluding hydrogens is 350 g/mol. The fourth-order valence-corrected chi connectivity index (χ4v) is 8.23. The Morgan fingerprint density at radius 2 is 0.944 bits per heavy atom. The molecule has 0 aliphatic carbocycles. The Morgan fingerprint density at radius 3 is 1.33 bits per heavy atom. The van der Waals surface area contributed by atoms with Crippen molar-refractivity contribution in [3.63, 3.8) is 0 Å². The largest absolute Gasteiger partial charge is 1.00 e. The van der Waals surface area contributed by atoms with Crippen LogP contribution in [0.1, 0.15) is 79.1 Å². The van der Waals surface area contributed by atoms with Crippen molar-refractivity contribution < 1.29 is 24.0 Å². The van der Waals surface area contributed by atoms with Gasteiger partial charge in [-0.05, 0) is 32.1 Å². The van der Waals surface area contributed by atoms with Crippen molar-refractivity contribution in [2.75, 3.05) is 24.6 Å². The second-order valence-electron chi connectivity index (χ2n) is 5.65. The van der Waals surface area contributed by atoms with E-state index in [4.69, 9.17) is 0 Å². The summed E-state index contributed by atoms with van der Waals surface area (Å²) in [5.41, 5.74) is 0. The van der Waals surface area contributed by atoms with Gasteiger partial charge in [0.2, 0.25) is 0 Å². The molecule has 0 bridgehead atoms. The van der Waals surface area contributed by atoms with Crippen LogP contribution in [0.4, 0.5) is 0 Å². The van der Waals surface area contributed by atoms with Crippen molar-refractivity contribution in [1.82, 2.24) is 0 Å². The van der Waals surface area contributed by atoms with Gasteiger partial charge >= 0.3 is 0 Å². The third-order valence-corrected chi connectivity index (χ3v) is 9.28. The Bertz CT molecular complexity index is 142. The molecule has 0 nitrogen and oxygen atoms in total. The van der Waals surface area contributed by atoms with E-state index in [9.17, 15) is 0 Å². The summed E-state index contributed by atoms with van der Waals surface area (Å²) < 4.78 is 0. The monoisotopic (exact) mass is 386 g/mol. The van der Waals surface area contributed by atoms with Crippen LogP contribution < -0.4 is 24.0 Å². The molecule has 0 amide bonds. The highest BCUT2D eigenvalue weighted by atomic mass is 127. The minimum Gasteiger partial charge on any atom is -1.00 e. The molecule has 0 aromatic carbocycles. The van der Waals surface area contributed by atoms with E-state index in [0.717, 1.165) is 0 Å². The lowest BCUT2D eigenvalue weighted by Gasteiger charge is -2.27. The first kappa shape index (κ1) is 21.5. The first-order valence-corrected chi connectivity index (χ1v) is 10.6. The van der Waals surface area contributed by atoms with Gasteiger partial charge in [-0.3, -0.25) is 0 Å². The lowest BCUT2D eigenvalue weighted by atomic mass is 10.2. The van der Waals surface area contributed by atoms with Crippen molar-refractivity contribution in [3.8, 4) is 0 Å². The quantitative estimate of drug-likeness (QED) is 0.275. The van der Waals surface area contributed by atoms with Gasteiger partial charge in [-0.1, -0.05) is 47.0 Å². The van der Waals surface area contributed by atoms with Gasteiger partial charge in [0.1, 0.15) is 0 Å². The smallest absolute Gasteiger partial charge is 0.0594 e. The summed E-state index contributed by atoms with van der Waals surface area (Å²) in [4.78, 5) is 0. The fourth-order valence-electron chi connectivity index (χ4n) is 3.14. The maximum Gasteiger partial charge on any atom is 0.0594 e. The van der Waals surface area contributed by atoms with Crippen LogP contribution in [-0.2, 0) is 0 Å². The van der Waals surface area contributed by atoms with Crippen LogP contribution in [0.5, 0.6) is 0 Å². The highest BCUT2D eigenvalue weighted by Gasteiger charge is 2.33. The molecule has 0 saturated carbocycles. The molecule has 0 saturated heterocycles. The summed E-state index contributed by atoms with van der Waals surface area (Å²) in [5.74, 6) is 0. The number of unbranched alkanes of at least 4 members (excludes halogenated alkanes) is 4. The van der Waals surface area contributed by atoms with Crippen LogP contribution >= 0.6 is 7.26 Å². The van der Waals surface area contributed by atoms with Gasteiger partial charge in [-0.15, -0.1) is 0 Å². The molecule has 112 valence electrons. The van der Waals surface area contributed by atoms with Crippen molar-refractivity contribution in [2.45, 2.75) is 79.1 Å². The number of halogens is 1. The van der Waals surface area contributed by atoms with Crippen LogP contribution in [0.3, 0.4) is 0 Å². The minimum atomic E-state index is -0.545. The average molecular weight is 386 g/mol. The molecule has 0 heterocycles. The predicted molar refractivity (Wildman–Crippen MR) is 86.0 cm³/mol. The normalized spacial score (nSPS) is 11.3. The Balaban J connectivity index is 0. The van der Waals surface area contributed by atoms with E-state index in [1.54, 1.807) is 24.6 Å². The van der Waals surface area contributed by atoms with Gasteiger partial charge in [-0.2, -0.15) is 0 Å². The van der Waals surface area contributed by atoms with Gasteiger partial charge in [0.15, 0.2) is 0 Å². The molecule has 18 heavy (non-hydrogen) atoms. The van der Waals surface area contributed by atoms with Crippen LogP contribution in [0.25, 0.3) is 0 Å². The van der Waals surface area contributed by atoms with Crippen LogP contribution in [-0.4, -0.2) is 24.6 Å². The van der Waals surface area contributed by atoms with Crippen molar-refractivity contribution in [1.29, 1.82) is 0 Å². The zero-order valence-electron chi connectivity index (χ0n) is 13.3. The molecule has 2 heteroatoms. The first-order valence-electron chi connectivity index (χ1n) is 8.09. The number of hydrogen-bond acceptors (Lipinski definition) is 0. The Kier molecular flexibility index (Phi) is 17.4. The molecule has 0 aliphatic heterocycles. The summed E-state index contributed by atoms with van der Waals surface area (Å²) in [5, 5.41) is 0. The van der Waals surface area contributed by atoms with Crippen LogP contribution in [0.2, 0.25) is 0 Å². The van der Waals surface area contributed by atoms with E-state index < -0.39 is 7.26 Å². The molecule has 0 aromatic heterocycles. The zero-order valence-corrected chi connectivity index (χ0v) is 16.4. The third-order valence-electron chi connectivity index (χ3n) is 3.83. The van der Waals surface area contributed by atoms with E-state index >= 15 is 0 Å². The molecule has 0 atom stereocenters. The summed E-state index contributed by atoms with van der Waals surface area (Å²) in [7, 11) is -0.545. The third kappa shape index (κ3) is 10.0. The maximum atomic E-state index is 2.39. The van der Waals surface area contributed by atoms with E-state index in [1.807, 2.05) is 0 Å². The van der Waals surface area contributed by atoms with Gasteiger partial charge in [-0.25, -0.2) is 0 Å². The second-order valence-corrected chi connectivity index (χ2v) is 10.1. The highest BCUT2D eigenvalue weighted by Crippen LogP contribution is 2.60. The minimum absolute atomic E-state index is 0. The Labute approximate surface area is 134 Å². The Morgan fingerprint density at radius 1 is 0.500 bits per heavy atom. The number of hydrogen-bond donors (Lipinski definition) is 0. The topological polar surface area (TPSA) is 0 Å². The summed E-state index contributed by atoms with van der Waals surface area (Å²) in [6.07, 6.45) is 17.9. The van der Waals surface area contributed by atoms with E-state index in [-0.39, 0.29) is 24.0 Å². The first-order chi connectivity index (χ1) is 8.24. The lowest BCUT2D eigenvalue weighted by molar-refractivity contribution is -0.00000406. The van der Waals surface area contributed by atoms with Crippen molar-refractivity contribution in [3.05, 3.63) is 0 Å². The van der Waals surface area contributed by atoms with E-state index in [2.05, 4.69) is 27.7 Å². The standard InChI is InChI=1S/C16H36P.HI/c1-5-9-10-11-12-16-17(13-6-2,14-7-3)15-8-4;/h5-16H2,1-4H3;1H/q+1;/p-1. The summed E-state index contributed by atoms with van der Waals surface area (Å²) >= 11 is 0. The molecule has 0 aromatic rings. The van der Waals surface area contributed by atoms with Crippen molar-refractivity contribution >= 4 is 7.26 Å². The molecule has 0 fully saturated rings. The van der Waals surface area contributed by atoms with E-state index in [0.29, 0.717) is 0 Å². The molecule has 0 N–H and O–H groups in total.